The molecule has 0 bridgehead atoms. The Morgan fingerprint density at radius 3 is 2.67 bits per heavy atom. The van der Waals surface area contributed by atoms with Gasteiger partial charge in [-0.1, -0.05) is 0 Å². The lowest BCUT2D eigenvalue weighted by molar-refractivity contribution is 0.829. The standard InChI is InChI=1S/C15H22BrN5/c1-4-17-15(18-5-2)19-7-6-13-10-21-9-12(16)8-11(3)14(21)20-13/h8-10H,4-7H2,1-3H3,(H2,17,18,19). The van der Waals surface area contributed by atoms with Gasteiger partial charge in [0, 0.05) is 42.9 Å². The van der Waals surface area contributed by atoms with Crippen molar-refractivity contribution < 1.29 is 0 Å². The molecule has 6 heteroatoms. The van der Waals surface area contributed by atoms with Gasteiger partial charge in [0.15, 0.2) is 5.96 Å². The topological polar surface area (TPSA) is 53.7 Å². The van der Waals surface area contributed by atoms with Gasteiger partial charge in [0.2, 0.25) is 0 Å². The van der Waals surface area contributed by atoms with E-state index in [0.29, 0.717) is 0 Å². The van der Waals surface area contributed by atoms with Crippen molar-refractivity contribution in [2.45, 2.75) is 27.2 Å². The van der Waals surface area contributed by atoms with Crippen LogP contribution in [0.15, 0.2) is 27.9 Å². The average Bonchev–Trinajstić information content (AvgIpc) is 2.82. The molecule has 114 valence electrons. The summed E-state index contributed by atoms with van der Waals surface area (Å²) in [6.07, 6.45) is 4.94. The fourth-order valence-corrected chi connectivity index (χ4v) is 2.75. The third-order valence-electron chi connectivity index (χ3n) is 3.08. The summed E-state index contributed by atoms with van der Waals surface area (Å²) >= 11 is 3.51. The molecule has 21 heavy (non-hydrogen) atoms. The first-order valence-electron chi connectivity index (χ1n) is 7.30. The first-order chi connectivity index (χ1) is 10.1. The maximum absolute atomic E-state index is 4.67. The van der Waals surface area contributed by atoms with Crippen LogP contribution in [0.2, 0.25) is 0 Å². The van der Waals surface area contributed by atoms with Crippen LogP contribution >= 0.6 is 15.9 Å². The molecular weight excluding hydrogens is 330 g/mol. The highest BCUT2D eigenvalue weighted by atomic mass is 79.9. The van der Waals surface area contributed by atoms with Gasteiger partial charge in [0.25, 0.3) is 0 Å². The zero-order valence-electron chi connectivity index (χ0n) is 12.8. The van der Waals surface area contributed by atoms with Crippen LogP contribution in [-0.2, 0) is 6.42 Å². The van der Waals surface area contributed by atoms with E-state index in [1.54, 1.807) is 0 Å². The molecule has 2 rings (SSSR count). The Labute approximate surface area is 134 Å². The summed E-state index contributed by atoms with van der Waals surface area (Å²) in [7, 11) is 0. The van der Waals surface area contributed by atoms with E-state index in [1.807, 2.05) is 6.20 Å². The lowest BCUT2D eigenvalue weighted by atomic mass is 10.3. The first-order valence-corrected chi connectivity index (χ1v) is 8.09. The largest absolute Gasteiger partial charge is 0.357 e. The van der Waals surface area contributed by atoms with Gasteiger partial charge in [0.1, 0.15) is 5.65 Å². The van der Waals surface area contributed by atoms with Crippen LogP contribution in [0.4, 0.5) is 0 Å². The monoisotopic (exact) mass is 351 g/mol. The molecule has 0 unspecified atom stereocenters. The lowest BCUT2D eigenvalue weighted by Crippen LogP contribution is -2.37. The number of halogens is 1. The van der Waals surface area contributed by atoms with Gasteiger partial charge >= 0.3 is 0 Å². The Hall–Kier alpha value is -1.56. The van der Waals surface area contributed by atoms with Crippen LogP contribution in [0.25, 0.3) is 5.65 Å². The van der Waals surface area contributed by atoms with Gasteiger partial charge in [0.05, 0.1) is 5.69 Å². The van der Waals surface area contributed by atoms with E-state index in [0.717, 1.165) is 47.8 Å². The number of imidazole rings is 1. The number of pyridine rings is 1. The zero-order chi connectivity index (χ0) is 15.2. The minimum atomic E-state index is 0.722. The molecule has 0 amide bonds. The van der Waals surface area contributed by atoms with E-state index in [1.165, 1.54) is 5.56 Å². The lowest BCUT2D eigenvalue weighted by Gasteiger charge is -2.08. The van der Waals surface area contributed by atoms with Gasteiger partial charge in [-0.2, -0.15) is 0 Å². The van der Waals surface area contributed by atoms with Crippen LogP contribution in [-0.4, -0.2) is 35.0 Å². The predicted molar refractivity (Wildman–Crippen MR) is 91.0 cm³/mol. The van der Waals surface area contributed by atoms with Crippen molar-refractivity contribution in [2.75, 3.05) is 19.6 Å². The molecule has 0 spiro atoms. The number of fused-ring (bicyclic) bond motifs is 1. The number of aryl methyl sites for hydroxylation is 1. The van der Waals surface area contributed by atoms with Gasteiger partial charge in [-0.15, -0.1) is 0 Å². The van der Waals surface area contributed by atoms with Crippen molar-refractivity contribution in [1.29, 1.82) is 0 Å². The van der Waals surface area contributed by atoms with Gasteiger partial charge in [-0.05, 0) is 48.3 Å². The molecule has 0 fully saturated rings. The Morgan fingerprint density at radius 1 is 1.29 bits per heavy atom. The normalized spacial score (nSPS) is 10.7. The third kappa shape index (κ3) is 4.20. The average molecular weight is 352 g/mol. The molecule has 0 radical (unpaired) electrons. The predicted octanol–water partition coefficient (Wildman–Crippen LogP) is 2.52. The van der Waals surface area contributed by atoms with Crippen LogP contribution in [0.5, 0.6) is 0 Å². The Morgan fingerprint density at radius 2 is 2.00 bits per heavy atom. The molecule has 0 saturated heterocycles. The van der Waals surface area contributed by atoms with Gasteiger partial charge in [-0.25, -0.2) is 4.98 Å². The fourth-order valence-electron chi connectivity index (χ4n) is 2.19. The summed E-state index contributed by atoms with van der Waals surface area (Å²) in [5.41, 5.74) is 3.24. The number of nitrogens with one attached hydrogen (secondary N) is 2. The summed E-state index contributed by atoms with van der Waals surface area (Å²) in [5, 5.41) is 6.44. The zero-order valence-corrected chi connectivity index (χ0v) is 14.4. The van der Waals surface area contributed by atoms with Crippen molar-refractivity contribution in [3.63, 3.8) is 0 Å². The van der Waals surface area contributed by atoms with E-state index < -0.39 is 0 Å². The van der Waals surface area contributed by atoms with Crippen LogP contribution < -0.4 is 10.6 Å². The second kappa shape index (κ2) is 7.45. The van der Waals surface area contributed by atoms with Crippen molar-refractivity contribution >= 4 is 27.5 Å². The molecule has 2 aromatic heterocycles. The first kappa shape index (κ1) is 15.8. The van der Waals surface area contributed by atoms with Crippen molar-refractivity contribution in [1.82, 2.24) is 20.0 Å². The second-order valence-electron chi connectivity index (χ2n) is 4.85. The SMILES string of the molecule is CCNC(=NCCc1cn2cc(Br)cc(C)c2n1)NCC. The van der Waals surface area contributed by atoms with Gasteiger partial charge < -0.3 is 15.0 Å². The van der Waals surface area contributed by atoms with Crippen LogP contribution in [0.3, 0.4) is 0 Å². The van der Waals surface area contributed by atoms with Crippen molar-refractivity contribution in [3.05, 3.63) is 34.2 Å². The number of guanidine groups is 1. The quantitative estimate of drug-likeness (QED) is 0.642. The second-order valence-corrected chi connectivity index (χ2v) is 5.76. The molecule has 0 aliphatic rings. The Bertz CT molecular complexity index is 624. The maximum atomic E-state index is 4.67. The number of aromatic nitrogens is 2. The number of hydrogen-bond donors (Lipinski definition) is 2. The highest BCUT2D eigenvalue weighted by molar-refractivity contribution is 9.10. The van der Waals surface area contributed by atoms with E-state index in [2.05, 4.69) is 74.0 Å². The molecule has 0 atom stereocenters. The molecule has 0 aliphatic carbocycles. The highest BCUT2D eigenvalue weighted by Gasteiger charge is 2.05. The molecule has 0 aliphatic heterocycles. The van der Waals surface area contributed by atoms with Crippen molar-refractivity contribution in [3.8, 4) is 0 Å². The Balaban J connectivity index is 2.06. The molecule has 0 saturated carbocycles. The number of nitrogens with zero attached hydrogens (tertiary/aromatic N) is 3. The third-order valence-corrected chi connectivity index (χ3v) is 3.51. The summed E-state index contributed by atoms with van der Waals surface area (Å²) in [6, 6.07) is 2.08. The fraction of sp³-hybridized carbons (Fsp3) is 0.467. The van der Waals surface area contributed by atoms with E-state index in [9.17, 15) is 0 Å². The van der Waals surface area contributed by atoms with E-state index in [-0.39, 0.29) is 0 Å². The maximum Gasteiger partial charge on any atom is 0.191 e. The minimum Gasteiger partial charge on any atom is -0.357 e. The van der Waals surface area contributed by atoms with Crippen LogP contribution in [0.1, 0.15) is 25.1 Å². The summed E-state index contributed by atoms with van der Waals surface area (Å²) in [5.74, 6) is 0.864. The molecule has 5 nitrogen and oxygen atoms in total. The Kier molecular flexibility index (Phi) is 5.61. The van der Waals surface area contributed by atoms with E-state index >= 15 is 0 Å². The molecule has 2 N–H and O–H groups in total. The van der Waals surface area contributed by atoms with E-state index in [4.69, 9.17) is 0 Å². The highest BCUT2D eigenvalue weighted by Crippen LogP contribution is 2.17. The molecule has 2 heterocycles. The summed E-state index contributed by atoms with van der Waals surface area (Å²) < 4.78 is 3.13. The summed E-state index contributed by atoms with van der Waals surface area (Å²) in [6.45, 7) is 8.66. The van der Waals surface area contributed by atoms with Crippen LogP contribution in [0, 0.1) is 6.92 Å². The number of aliphatic imine (C=N–C) groups is 1. The van der Waals surface area contributed by atoms with Gasteiger partial charge in [-0.3, -0.25) is 4.99 Å². The summed E-state index contributed by atoms with van der Waals surface area (Å²) in [4.78, 5) is 9.22. The number of hydrogen-bond acceptors (Lipinski definition) is 2. The van der Waals surface area contributed by atoms with Crippen molar-refractivity contribution in [2.24, 2.45) is 4.99 Å². The molecule has 2 aromatic rings. The minimum absolute atomic E-state index is 0.722. The number of rotatable bonds is 5. The molecule has 0 aromatic carbocycles. The smallest absolute Gasteiger partial charge is 0.191 e. The molecular formula is C15H22BrN5.